The Hall–Kier alpha value is -3.54. The average Bonchev–Trinajstić information content (AvgIpc) is 2.75. The normalized spacial score (nSPS) is 15.2. The summed E-state index contributed by atoms with van der Waals surface area (Å²) in [6, 6.07) is 16.7. The fourth-order valence-corrected chi connectivity index (χ4v) is 3.54. The van der Waals surface area contributed by atoms with Crippen LogP contribution in [0.25, 0.3) is 11.6 Å². The third-order valence-electron chi connectivity index (χ3n) is 4.85. The van der Waals surface area contributed by atoms with Crippen molar-refractivity contribution in [1.82, 2.24) is 9.97 Å². The van der Waals surface area contributed by atoms with Crippen LogP contribution < -0.4 is 10.2 Å². The number of halogens is 1. The monoisotopic (exact) mass is 371 g/mol. The van der Waals surface area contributed by atoms with Crippen molar-refractivity contribution in [3.63, 3.8) is 0 Å². The first-order valence-corrected chi connectivity index (χ1v) is 9.28. The molecule has 2 aliphatic heterocycles. The van der Waals surface area contributed by atoms with E-state index >= 15 is 0 Å². The van der Waals surface area contributed by atoms with Crippen molar-refractivity contribution in [3.8, 4) is 0 Å². The number of benzene rings is 2. The van der Waals surface area contributed by atoms with Gasteiger partial charge < -0.3 is 10.2 Å². The molecule has 1 N–H and O–H groups in total. The lowest BCUT2D eigenvalue weighted by Crippen LogP contribution is -2.39. The van der Waals surface area contributed by atoms with Gasteiger partial charge >= 0.3 is 0 Å². The smallest absolute Gasteiger partial charge is 0.229 e. The third-order valence-corrected chi connectivity index (χ3v) is 4.85. The van der Waals surface area contributed by atoms with Crippen molar-refractivity contribution in [2.45, 2.75) is 6.42 Å². The number of anilines is 3. The van der Waals surface area contributed by atoms with E-state index in [1.807, 2.05) is 18.2 Å². The molecule has 5 nitrogen and oxygen atoms in total. The molecule has 6 heteroatoms. The molecule has 0 aliphatic carbocycles. The number of hydrogen-bond acceptors (Lipinski definition) is 5. The molecule has 138 valence electrons. The number of rotatable bonds is 3. The van der Waals surface area contributed by atoms with E-state index in [9.17, 15) is 4.39 Å². The molecule has 5 rings (SSSR count). The zero-order valence-corrected chi connectivity index (χ0v) is 15.1. The zero-order chi connectivity index (χ0) is 18.9. The molecule has 0 unspecified atom stereocenters. The molecule has 1 aromatic heterocycles. The van der Waals surface area contributed by atoms with E-state index in [1.165, 1.54) is 6.07 Å². The highest BCUT2D eigenvalue weighted by molar-refractivity contribution is 6.35. The maximum absolute atomic E-state index is 14.0. The Balaban J connectivity index is 1.58. The summed E-state index contributed by atoms with van der Waals surface area (Å²) in [5.41, 5.74) is 3.48. The maximum Gasteiger partial charge on any atom is 0.229 e. The topological polar surface area (TPSA) is 53.4 Å². The molecule has 3 aromatic rings. The van der Waals surface area contributed by atoms with Crippen LogP contribution in [0.15, 0.2) is 65.8 Å². The summed E-state index contributed by atoms with van der Waals surface area (Å²) in [5, 5.41) is 2.98. The number of nitrogens with zero attached hydrogens (tertiary/aromatic N) is 4. The molecule has 0 fully saturated rings. The Kier molecular flexibility index (Phi) is 4.09. The summed E-state index contributed by atoms with van der Waals surface area (Å²) < 4.78 is 14.0. The van der Waals surface area contributed by atoms with Crippen LogP contribution in [0.5, 0.6) is 0 Å². The third kappa shape index (κ3) is 2.93. The second kappa shape index (κ2) is 6.88. The number of aromatic nitrogens is 2. The molecule has 0 spiro atoms. The first-order valence-electron chi connectivity index (χ1n) is 9.28. The summed E-state index contributed by atoms with van der Waals surface area (Å²) in [4.78, 5) is 16.0. The van der Waals surface area contributed by atoms with Gasteiger partial charge in [-0.05, 0) is 30.2 Å². The van der Waals surface area contributed by atoms with Gasteiger partial charge in [0, 0.05) is 30.4 Å². The molecule has 0 saturated carbocycles. The fourth-order valence-electron chi connectivity index (χ4n) is 3.54. The number of para-hydroxylation sites is 1. The van der Waals surface area contributed by atoms with E-state index in [1.54, 1.807) is 24.4 Å². The van der Waals surface area contributed by atoms with E-state index in [0.29, 0.717) is 11.6 Å². The van der Waals surface area contributed by atoms with Gasteiger partial charge in [0.05, 0.1) is 5.69 Å². The first kappa shape index (κ1) is 16.6. The summed E-state index contributed by atoms with van der Waals surface area (Å²) in [5.74, 6) is 1.76. The molecule has 0 radical (unpaired) electrons. The Morgan fingerprint density at radius 2 is 1.82 bits per heavy atom. The number of fused-ring (bicyclic) bond motifs is 3. The van der Waals surface area contributed by atoms with Crippen LogP contribution in [0.4, 0.5) is 21.8 Å². The number of amidine groups is 1. The van der Waals surface area contributed by atoms with Crippen LogP contribution in [0, 0.1) is 5.82 Å². The van der Waals surface area contributed by atoms with Gasteiger partial charge in [-0.25, -0.2) is 9.37 Å². The predicted octanol–water partition coefficient (Wildman–Crippen LogP) is 4.52. The summed E-state index contributed by atoms with van der Waals surface area (Å²) >= 11 is 0. The minimum Gasteiger partial charge on any atom is -0.322 e. The summed E-state index contributed by atoms with van der Waals surface area (Å²) in [7, 11) is 0. The summed E-state index contributed by atoms with van der Waals surface area (Å²) in [6.07, 6.45) is 4.82. The van der Waals surface area contributed by atoms with Crippen LogP contribution in [-0.2, 0) is 0 Å². The minimum atomic E-state index is -0.338. The highest BCUT2D eigenvalue weighted by Crippen LogP contribution is 2.35. The van der Waals surface area contributed by atoms with Gasteiger partial charge in [-0.15, -0.1) is 0 Å². The van der Waals surface area contributed by atoms with Crippen molar-refractivity contribution in [2.24, 2.45) is 4.99 Å². The highest BCUT2D eigenvalue weighted by Gasteiger charge is 2.29. The van der Waals surface area contributed by atoms with Gasteiger partial charge in [-0.3, -0.25) is 4.99 Å². The second-order valence-electron chi connectivity index (χ2n) is 6.71. The Bertz CT molecular complexity index is 1090. The largest absolute Gasteiger partial charge is 0.322 e. The van der Waals surface area contributed by atoms with Crippen molar-refractivity contribution < 1.29 is 4.39 Å². The van der Waals surface area contributed by atoms with Crippen LogP contribution in [-0.4, -0.2) is 28.9 Å². The summed E-state index contributed by atoms with van der Waals surface area (Å²) in [6.45, 7) is 1.64. The van der Waals surface area contributed by atoms with Crippen LogP contribution in [0.2, 0.25) is 0 Å². The predicted molar refractivity (Wildman–Crippen MR) is 110 cm³/mol. The average molecular weight is 371 g/mol. The second-order valence-corrected chi connectivity index (χ2v) is 6.71. The SMILES string of the molecule is Fc1ccccc1Nc1ncc2c(n1)N1CCCN=C1C(c1ccccc1)=C2. The van der Waals surface area contributed by atoms with E-state index in [4.69, 9.17) is 4.99 Å². The molecular formula is C22H18FN5. The van der Waals surface area contributed by atoms with Gasteiger partial charge in [0.15, 0.2) is 0 Å². The highest BCUT2D eigenvalue weighted by atomic mass is 19.1. The number of aliphatic imine (C=N–C) groups is 1. The van der Waals surface area contributed by atoms with Gasteiger partial charge in [-0.1, -0.05) is 42.5 Å². The van der Waals surface area contributed by atoms with Crippen molar-refractivity contribution in [1.29, 1.82) is 0 Å². The van der Waals surface area contributed by atoms with E-state index in [0.717, 1.165) is 47.9 Å². The maximum atomic E-state index is 14.0. The van der Waals surface area contributed by atoms with Crippen LogP contribution in [0.1, 0.15) is 17.5 Å². The number of hydrogen-bond donors (Lipinski definition) is 1. The van der Waals surface area contributed by atoms with Gasteiger partial charge in [0.25, 0.3) is 0 Å². The van der Waals surface area contributed by atoms with Gasteiger partial charge in [0.1, 0.15) is 17.5 Å². The molecule has 0 atom stereocenters. The molecule has 0 amide bonds. The lowest BCUT2D eigenvalue weighted by Gasteiger charge is -2.34. The molecule has 28 heavy (non-hydrogen) atoms. The first-order chi connectivity index (χ1) is 13.8. The minimum absolute atomic E-state index is 0.338. The Labute approximate surface area is 162 Å². The van der Waals surface area contributed by atoms with Crippen molar-refractivity contribution >= 4 is 34.9 Å². The lowest BCUT2D eigenvalue weighted by atomic mass is 9.97. The van der Waals surface area contributed by atoms with Crippen molar-refractivity contribution in [3.05, 3.63) is 77.7 Å². The van der Waals surface area contributed by atoms with E-state index in [2.05, 4.69) is 38.4 Å². The van der Waals surface area contributed by atoms with Crippen molar-refractivity contribution in [2.75, 3.05) is 23.3 Å². The quantitative estimate of drug-likeness (QED) is 0.735. The molecule has 3 heterocycles. The Morgan fingerprint density at radius 3 is 2.68 bits per heavy atom. The van der Waals surface area contributed by atoms with E-state index in [-0.39, 0.29) is 5.82 Å². The van der Waals surface area contributed by atoms with Crippen LogP contribution in [0.3, 0.4) is 0 Å². The fraction of sp³-hybridized carbons (Fsp3) is 0.136. The Morgan fingerprint density at radius 1 is 1.00 bits per heavy atom. The standard InChI is InChI=1S/C22H18FN5/c23-18-9-4-5-10-19(18)26-22-25-14-16-13-17(15-7-2-1-3-8-15)21-24-11-6-12-28(21)20(16)27-22/h1-5,7-10,13-14H,6,11-12H2,(H,25,26,27). The number of nitrogens with one attached hydrogen (secondary N) is 1. The van der Waals surface area contributed by atoms with E-state index < -0.39 is 0 Å². The zero-order valence-electron chi connectivity index (χ0n) is 15.1. The molecule has 2 aromatic carbocycles. The molecule has 0 bridgehead atoms. The van der Waals surface area contributed by atoms with Crippen LogP contribution >= 0.6 is 0 Å². The molecular weight excluding hydrogens is 353 g/mol. The van der Waals surface area contributed by atoms with Gasteiger partial charge in [-0.2, -0.15) is 4.98 Å². The molecule has 2 aliphatic rings. The van der Waals surface area contributed by atoms with Gasteiger partial charge in [0.2, 0.25) is 5.95 Å². The molecule has 0 saturated heterocycles. The lowest BCUT2D eigenvalue weighted by molar-refractivity contribution is 0.631.